The number of aliphatic hydroxyl groups is 1. The lowest BCUT2D eigenvalue weighted by molar-refractivity contribution is -0.149. The number of carbonyl (C=O) groups excluding carboxylic acids is 1. The molecule has 0 bridgehead atoms. The molecule has 0 saturated heterocycles. The molecule has 2 N–H and O–H groups in total. The first kappa shape index (κ1) is 39.4. The maximum absolute atomic E-state index is 12.5. The average molecular weight is 579 g/mol. The third-order valence-corrected chi connectivity index (χ3v) is 7.72. The standard InChI is InChI=1S/C36H66O5/c1-3-5-7-21-27-33(37)28-22-17-13-9-12-16-20-26-32-36(40)41-34(29-23-8-6-4-2)30-24-18-14-10-11-15-19-25-31-35(38)39/h17-18,22,24,33-34,37H,3-16,19-21,23,25-32H2,1-2H3,(H,38,39)/t33?,34-/m1/s1. The highest BCUT2D eigenvalue weighted by atomic mass is 16.5. The van der Waals surface area contributed by atoms with E-state index in [9.17, 15) is 14.7 Å². The number of carboxylic acids is 1. The van der Waals surface area contributed by atoms with Crippen molar-refractivity contribution >= 4 is 11.9 Å². The van der Waals surface area contributed by atoms with Gasteiger partial charge in [0, 0.05) is 19.3 Å². The van der Waals surface area contributed by atoms with Gasteiger partial charge in [0.25, 0.3) is 0 Å². The van der Waals surface area contributed by atoms with Crippen molar-refractivity contribution in [2.75, 3.05) is 0 Å². The summed E-state index contributed by atoms with van der Waals surface area (Å²) in [6.07, 6.45) is 35.2. The van der Waals surface area contributed by atoms with Crippen LogP contribution in [0.2, 0.25) is 0 Å². The summed E-state index contributed by atoms with van der Waals surface area (Å²) in [7, 11) is 0. The van der Waals surface area contributed by atoms with Gasteiger partial charge in [0.1, 0.15) is 6.10 Å². The number of hydrogen-bond acceptors (Lipinski definition) is 4. The van der Waals surface area contributed by atoms with Crippen LogP contribution in [0.5, 0.6) is 0 Å². The van der Waals surface area contributed by atoms with Crippen LogP contribution in [-0.4, -0.2) is 34.4 Å². The lowest BCUT2D eigenvalue weighted by atomic mass is 10.1. The van der Waals surface area contributed by atoms with Gasteiger partial charge in [-0.1, -0.05) is 122 Å². The van der Waals surface area contributed by atoms with Crippen molar-refractivity contribution in [1.82, 2.24) is 0 Å². The quantitative estimate of drug-likeness (QED) is 0.0485. The SMILES string of the molecule is CCCCCCC(O)CC=CCCCCCCCC(=O)O[C@@H](CC=CCCCCCCCC(=O)O)CCCCCC. The minimum atomic E-state index is -0.700. The molecule has 0 heterocycles. The molecule has 0 aromatic rings. The van der Waals surface area contributed by atoms with Gasteiger partial charge in [0.2, 0.25) is 0 Å². The molecule has 0 radical (unpaired) electrons. The molecule has 0 spiro atoms. The van der Waals surface area contributed by atoms with Gasteiger partial charge in [-0.05, 0) is 64.2 Å². The molecule has 0 aliphatic carbocycles. The smallest absolute Gasteiger partial charge is 0.306 e. The summed E-state index contributed by atoms with van der Waals surface area (Å²) in [6, 6.07) is 0. The molecule has 5 nitrogen and oxygen atoms in total. The lowest BCUT2D eigenvalue weighted by Crippen LogP contribution is -2.17. The summed E-state index contributed by atoms with van der Waals surface area (Å²) in [5, 5.41) is 18.7. The molecule has 240 valence electrons. The van der Waals surface area contributed by atoms with Crippen molar-refractivity contribution in [1.29, 1.82) is 0 Å². The molecule has 0 saturated carbocycles. The highest BCUT2D eigenvalue weighted by Crippen LogP contribution is 2.16. The average Bonchev–Trinajstić information content (AvgIpc) is 2.95. The van der Waals surface area contributed by atoms with E-state index >= 15 is 0 Å². The minimum absolute atomic E-state index is 0.00623. The maximum Gasteiger partial charge on any atom is 0.306 e. The second kappa shape index (κ2) is 31.3. The Labute approximate surface area is 253 Å². The number of esters is 1. The van der Waals surface area contributed by atoms with Crippen molar-refractivity contribution in [3.8, 4) is 0 Å². The largest absolute Gasteiger partial charge is 0.481 e. The highest BCUT2D eigenvalue weighted by molar-refractivity contribution is 5.69. The predicted octanol–water partition coefficient (Wildman–Crippen LogP) is 10.6. The third kappa shape index (κ3) is 31.2. The van der Waals surface area contributed by atoms with Crippen LogP contribution in [-0.2, 0) is 14.3 Å². The lowest BCUT2D eigenvalue weighted by Gasteiger charge is -2.16. The Balaban J connectivity index is 3.96. The zero-order valence-corrected chi connectivity index (χ0v) is 27.0. The normalized spacial score (nSPS) is 13.2. The second-order valence-electron chi connectivity index (χ2n) is 11.9. The van der Waals surface area contributed by atoms with E-state index in [1.54, 1.807) is 0 Å². The molecule has 0 aliphatic rings. The van der Waals surface area contributed by atoms with Crippen molar-refractivity contribution < 1.29 is 24.5 Å². The molecule has 0 aliphatic heterocycles. The monoisotopic (exact) mass is 578 g/mol. The van der Waals surface area contributed by atoms with Crippen LogP contribution in [0, 0.1) is 0 Å². The van der Waals surface area contributed by atoms with Crippen molar-refractivity contribution in [3.05, 3.63) is 24.3 Å². The van der Waals surface area contributed by atoms with E-state index in [1.165, 1.54) is 51.4 Å². The van der Waals surface area contributed by atoms with E-state index in [2.05, 4.69) is 38.2 Å². The van der Waals surface area contributed by atoms with Crippen molar-refractivity contribution in [2.45, 2.75) is 193 Å². The van der Waals surface area contributed by atoms with Gasteiger partial charge in [0.05, 0.1) is 6.10 Å². The summed E-state index contributed by atoms with van der Waals surface area (Å²) in [6.45, 7) is 4.42. The number of allylic oxidation sites excluding steroid dienone is 2. The molecule has 0 aromatic carbocycles. The summed E-state index contributed by atoms with van der Waals surface area (Å²) < 4.78 is 5.88. The number of carbonyl (C=O) groups is 2. The number of hydrogen-bond donors (Lipinski definition) is 2. The molecular weight excluding hydrogens is 512 g/mol. The van der Waals surface area contributed by atoms with Crippen LogP contribution in [0.3, 0.4) is 0 Å². The Bertz CT molecular complexity index is 642. The molecule has 0 amide bonds. The van der Waals surface area contributed by atoms with Gasteiger partial charge in [-0.25, -0.2) is 0 Å². The summed E-state index contributed by atoms with van der Waals surface area (Å²) >= 11 is 0. The van der Waals surface area contributed by atoms with E-state index in [0.29, 0.717) is 6.42 Å². The molecule has 2 atom stereocenters. The number of ether oxygens (including phenoxy) is 1. The molecular formula is C36H66O5. The van der Waals surface area contributed by atoms with Crippen molar-refractivity contribution in [2.24, 2.45) is 0 Å². The van der Waals surface area contributed by atoms with Gasteiger partial charge in [-0.2, -0.15) is 0 Å². The van der Waals surface area contributed by atoms with Crippen LogP contribution < -0.4 is 0 Å². The summed E-state index contributed by atoms with van der Waals surface area (Å²) in [4.78, 5) is 23.0. The number of carboxylic acid groups (broad SMARTS) is 1. The van der Waals surface area contributed by atoms with Crippen molar-refractivity contribution in [3.63, 3.8) is 0 Å². The molecule has 0 aromatic heterocycles. The minimum Gasteiger partial charge on any atom is -0.481 e. The van der Waals surface area contributed by atoms with Gasteiger partial charge in [0.15, 0.2) is 0 Å². The Morgan fingerprint density at radius 3 is 1.66 bits per heavy atom. The fourth-order valence-electron chi connectivity index (χ4n) is 5.06. The first-order valence-corrected chi connectivity index (χ1v) is 17.4. The molecule has 1 unspecified atom stereocenters. The summed E-state index contributed by atoms with van der Waals surface area (Å²) in [5.41, 5.74) is 0. The fourth-order valence-corrected chi connectivity index (χ4v) is 5.06. The van der Waals surface area contributed by atoms with Crippen LogP contribution in [0.4, 0.5) is 0 Å². The number of aliphatic carboxylic acids is 1. The fraction of sp³-hybridized carbons (Fsp3) is 0.833. The van der Waals surface area contributed by atoms with Gasteiger partial charge in [-0.15, -0.1) is 0 Å². The summed E-state index contributed by atoms with van der Waals surface area (Å²) in [5.74, 6) is -0.745. The third-order valence-electron chi connectivity index (χ3n) is 7.72. The van der Waals surface area contributed by atoms with E-state index in [1.807, 2.05) is 0 Å². The van der Waals surface area contributed by atoms with E-state index < -0.39 is 5.97 Å². The molecule has 41 heavy (non-hydrogen) atoms. The first-order valence-electron chi connectivity index (χ1n) is 17.4. The van der Waals surface area contributed by atoms with E-state index in [0.717, 1.165) is 103 Å². The van der Waals surface area contributed by atoms with Gasteiger partial charge < -0.3 is 14.9 Å². The molecule has 5 heteroatoms. The second-order valence-corrected chi connectivity index (χ2v) is 11.9. The first-order chi connectivity index (χ1) is 20.0. The Hall–Kier alpha value is -1.62. The molecule has 0 rings (SSSR count). The van der Waals surface area contributed by atoms with E-state index in [4.69, 9.17) is 9.84 Å². The van der Waals surface area contributed by atoms with Crippen LogP contribution in [0.25, 0.3) is 0 Å². The van der Waals surface area contributed by atoms with Crippen LogP contribution in [0.15, 0.2) is 24.3 Å². The van der Waals surface area contributed by atoms with Gasteiger partial charge in [-0.3, -0.25) is 9.59 Å². The highest BCUT2D eigenvalue weighted by Gasteiger charge is 2.13. The van der Waals surface area contributed by atoms with Crippen LogP contribution >= 0.6 is 0 Å². The number of rotatable bonds is 31. The Morgan fingerprint density at radius 2 is 1.07 bits per heavy atom. The zero-order chi connectivity index (χ0) is 30.2. The molecule has 0 fully saturated rings. The zero-order valence-electron chi connectivity index (χ0n) is 27.0. The van der Waals surface area contributed by atoms with Gasteiger partial charge >= 0.3 is 11.9 Å². The number of aliphatic hydroxyl groups excluding tert-OH is 1. The number of unbranched alkanes of at least 4 members (excludes halogenated alkanes) is 16. The maximum atomic E-state index is 12.5. The van der Waals surface area contributed by atoms with E-state index in [-0.39, 0.29) is 24.6 Å². The Morgan fingerprint density at radius 1 is 0.585 bits per heavy atom. The van der Waals surface area contributed by atoms with Crippen LogP contribution in [0.1, 0.15) is 181 Å². The Kier molecular flexibility index (Phi) is 30.1. The topological polar surface area (TPSA) is 83.8 Å². The predicted molar refractivity (Wildman–Crippen MR) is 173 cm³/mol.